The molecule has 0 fully saturated rings. The lowest BCUT2D eigenvalue weighted by Crippen LogP contribution is -2.07. The highest BCUT2D eigenvalue weighted by molar-refractivity contribution is 5.81. The third kappa shape index (κ3) is 3.40. The van der Waals surface area contributed by atoms with Gasteiger partial charge in [0.25, 0.3) is 0 Å². The van der Waals surface area contributed by atoms with Crippen LogP contribution in [0.25, 0.3) is 11.0 Å². The van der Waals surface area contributed by atoms with E-state index in [9.17, 15) is 0 Å². The monoisotopic (exact) mass is 371 g/mol. The van der Waals surface area contributed by atoms with Gasteiger partial charge in [-0.15, -0.1) is 0 Å². The van der Waals surface area contributed by atoms with Crippen LogP contribution in [0.2, 0.25) is 0 Å². The van der Waals surface area contributed by atoms with Crippen LogP contribution >= 0.6 is 0 Å². The van der Waals surface area contributed by atoms with Crippen LogP contribution in [0.1, 0.15) is 18.1 Å². The molecule has 2 aromatic heterocycles. The second kappa shape index (κ2) is 7.08. The van der Waals surface area contributed by atoms with Crippen molar-refractivity contribution in [3.63, 3.8) is 0 Å². The Hall–Kier alpha value is -3.80. The molecule has 0 saturated heterocycles. The third-order valence-corrected chi connectivity index (χ3v) is 4.48. The molecule has 0 bridgehead atoms. The molecule has 6 heteroatoms. The number of hydrogen-bond acceptors (Lipinski definition) is 5. The van der Waals surface area contributed by atoms with Crippen molar-refractivity contribution in [1.29, 1.82) is 0 Å². The summed E-state index contributed by atoms with van der Waals surface area (Å²) in [4.78, 5) is 13.0. The minimum atomic E-state index is -0.178. The second-order valence-electron chi connectivity index (χ2n) is 6.45. The fraction of sp³-hybridized carbons (Fsp3) is 0.0909. The fourth-order valence-electron chi connectivity index (χ4n) is 3.08. The molecule has 0 aliphatic carbocycles. The quantitative estimate of drug-likeness (QED) is 0.535. The van der Waals surface area contributed by atoms with Gasteiger partial charge in [0.15, 0.2) is 6.10 Å². The number of H-pyrrole nitrogens is 1. The first-order valence-electron chi connectivity index (χ1n) is 9.00. The van der Waals surface area contributed by atoms with Crippen molar-refractivity contribution in [3.8, 4) is 17.2 Å². The largest absolute Gasteiger partial charge is 0.457 e. The first-order chi connectivity index (χ1) is 13.8. The Labute approximate surface area is 161 Å². The van der Waals surface area contributed by atoms with Crippen LogP contribution in [-0.4, -0.2) is 15.9 Å². The summed E-state index contributed by atoms with van der Waals surface area (Å²) in [5, 5.41) is 4.07. The summed E-state index contributed by atoms with van der Waals surface area (Å²) >= 11 is 0. The molecule has 0 amide bonds. The highest BCUT2D eigenvalue weighted by Gasteiger charge is 2.24. The molecule has 28 heavy (non-hydrogen) atoms. The van der Waals surface area contributed by atoms with Gasteiger partial charge in [-0.25, -0.2) is 0 Å². The number of nitrogens with zero attached hydrogens (tertiary/aromatic N) is 2. The van der Waals surface area contributed by atoms with Crippen molar-refractivity contribution in [1.82, 2.24) is 9.97 Å². The maximum atomic E-state index is 5.83. The van der Waals surface area contributed by atoms with Crippen LogP contribution in [0.5, 0.6) is 17.2 Å². The summed E-state index contributed by atoms with van der Waals surface area (Å²) in [6.45, 7) is 0. The molecule has 138 valence electrons. The normalized spacial score (nSPS) is 15.9. The van der Waals surface area contributed by atoms with Gasteiger partial charge >= 0.3 is 0 Å². The van der Waals surface area contributed by atoms with Crippen LogP contribution in [-0.2, 0) is 4.84 Å². The number of hydrogen-bond donors (Lipinski definition) is 1. The van der Waals surface area contributed by atoms with Crippen molar-refractivity contribution in [2.75, 3.05) is 0 Å². The summed E-state index contributed by atoms with van der Waals surface area (Å²) in [5.74, 6) is 2.74. The smallest absolute Gasteiger partial charge is 0.235 e. The van der Waals surface area contributed by atoms with E-state index < -0.39 is 0 Å². The van der Waals surface area contributed by atoms with E-state index in [-0.39, 0.29) is 6.10 Å². The standard InChI is InChI=1S/C22H17N3O3/c1-2-4-16(5-3-1)26-17-8-6-15(7-9-17)21-13-22(25-28-21)27-18-12-20-19(24-14-18)10-11-23-20/h1-12,14,21,23H,13H2/t21-/m1/s1. The Morgan fingerprint density at radius 2 is 1.71 bits per heavy atom. The van der Waals surface area contributed by atoms with Gasteiger partial charge < -0.3 is 19.3 Å². The molecule has 5 rings (SSSR count). The minimum absolute atomic E-state index is 0.178. The molecule has 1 atom stereocenters. The van der Waals surface area contributed by atoms with Crippen molar-refractivity contribution >= 4 is 16.9 Å². The number of fused-ring (bicyclic) bond motifs is 1. The van der Waals surface area contributed by atoms with E-state index >= 15 is 0 Å². The summed E-state index contributed by atoms with van der Waals surface area (Å²) in [6.07, 6.45) is 3.91. The predicted molar refractivity (Wildman–Crippen MR) is 106 cm³/mol. The number of nitrogens with one attached hydrogen (secondary N) is 1. The van der Waals surface area contributed by atoms with Gasteiger partial charge in [0.1, 0.15) is 17.2 Å². The number of pyridine rings is 1. The molecular formula is C22H17N3O3. The maximum Gasteiger partial charge on any atom is 0.235 e. The average Bonchev–Trinajstić information content (AvgIpc) is 3.39. The first kappa shape index (κ1) is 16.4. The van der Waals surface area contributed by atoms with Crippen molar-refractivity contribution < 1.29 is 14.3 Å². The topological polar surface area (TPSA) is 68.7 Å². The number of aromatic nitrogens is 2. The van der Waals surface area contributed by atoms with Crippen LogP contribution in [0.3, 0.4) is 0 Å². The van der Waals surface area contributed by atoms with Crippen LogP contribution in [0.15, 0.2) is 84.3 Å². The van der Waals surface area contributed by atoms with E-state index in [1.165, 1.54) is 0 Å². The lowest BCUT2D eigenvalue weighted by Gasteiger charge is -2.10. The number of benzene rings is 2. The van der Waals surface area contributed by atoms with E-state index in [1.54, 1.807) is 6.20 Å². The third-order valence-electron chi connectivity index (χ3n) is 4.48. The van der Waals surface area contributed by atoms with E-state index in [1.807, 2.05) is 72.9 Å². The SMILES string of the molecule is c1ccc(Oc2ccc([C@H]3CC(Oc4cnc5cc[nH]c5c4)=NO3)cc2)cc1. The summed E-state index contributed by atoms with van der Waals surface area (Å²) < 4.78 is 11.6. The maximum absolute atomic E-state index is 5.83. The van der Waals surface area contributed by atoms with E-state index in [0.29, 0.717) is 18.1 Å². The summed E-state index contributed by atoms with van der Waals surface area (Å²) in [7, 11) is 0. The van der Waals surface area contributed by atoms with Crippen LogP contribution < -0.4 is 9.47 Å². The summed E-state index contributed by atoms with van der Waals surface area (Å²) in [5.41, 5.74) is 2.83. The molecule has 0 saturated carbocycles. The molecular weight excluding hydrogens is 354 g/mol. The molecule has 6 nitrogen and oxygen atoms in total. The van der Waals surface area contributed by atoms with Gasteiger partial charge in [-0.2, -0.15) is 0 Å². The highest BCUT2D eigenvalue weighted by Crippen LogP contribution is 2.30. The lowest BCUT2D eigenvalue weighted by molar-refractivity contribution is 0.0855. The fourth-order valence-corrected chi connectivity index (χ4v) is 3.08. The molecule has 4 aromatic rings. The number of oxime groups is 1. The van der Waals surface area contributed by atoms with Gasteiger partial charge in [0, 0.05) is 12.3 Å². The molecule has 2 aromatic carbocycles. The zero-order chi connectivity index (χ0) is 18.8. The molecule has 0 unspecified atom stereocenters. The number of ether oxygens (including phenoxy) is 2. The lowest BCUT2D eigenvalue weighted by atomic mass is 10.1. The Bertz CT molecular complexity index is 1120. The van der Waals surface area contributed by atoms with Crippen LogP contribution in [0, 0.1) is 0 Å². The zero-order valence-corrected chi connectivity index (χ0v) is 14.9. The Morgan fingerprint density at radius 3 is 2.57 bits per heavy atom. The average molecular weight is 371 g/mol. The highest BCUT2D eigenvalue weighted by atomic mass is 16.7. The van der Waals surface area contributed by atoms with Crippen molar-refractivity contribution in [2.24, 2.45) is 5.16 Å². The van der Waals surface area contributed by atoms with Gasteiger partial charge in [-0.05, 0) is 35.9 Å². The predicted octanol–water partition coefficient (Wildman–Crippen LogP) is 5.21. The molecule has 1 aliphatic rings. The van der Waals surface area contributed by atoms with Gasteiger partial charge in [-0.1, -0.05) is 35.5 Å². The number of para-hydroxylation sites is 1. The van der Waals surface area contributed by atoms with Crippen molar-refractivity contribution in [2.45, 2.75) is 12.5 Å². The van der Waals surface area contributed by atoms with E-state index in [2.05, 4.69) is 15.1 Å². The Balaban J connectivity index is 1.22. The number of rotatable bonds is 4. The van der Waals surface area contributed by atoms with Gasteiger partial charge in [0.05, 0.1) is 23.7 Å². The second-order valence-corrected chi connectivity index (χ2v) is 6.45. The van der Waals surface area contributed by atoms with Gasteiger partial charge in [0.2, 0.25) is 5.90 Å². The molecule has 1 N–H and O–H groups in total. The first-order valence-corrected chi connectivity index (χ1v) is 9.00. The Kier molecular flexibility index (Phi) is 4.14. The van der Waals surface area contributed by atoms with Gasteiger partial charge in [-0.3, -0.25) is 4.98 Å². The molecule has 3 heterocycles. The van der Waals surface area contributed by atoms with Crippen molar-refractivity contribution in [3.05, 3.63) is 84.7 Å². The van der Waals surface area contributed by atoms with E-state index in [0.717, 1.165) is 28.1 Å². The number of aromatic amines is 1. The molecule has 0 radical (unpaired) electrons. The minimum Gasteiger partial charge on any atom is -0.457 e. The van der Waals surface area contributed by atoms with E-state index in [4.69, 9.17) is 14.3 Å². The summed E-state index contributed by atoms with van der Waals surface area (Å²) in [6, 6.07) is 21.3. The molecule has 1 aliphatic heterocycles. The Morgan fingerprint density at radius 1 is 0.893 bits per heavy atom. The molecule has 0 spiro atoms. The van der Waals surface area contributed by atoms with Crippen LogP contribution in [0.4, 0.5) is 0 Å². The zero-order valence-electron chi connectivity index (χ0n) is 14.9.